The Balaban J connectivity index is 1.56. The van der Waals surface area contributed by atoms with Crippen molar-refractivity contribution in [3.63, 3.8) is 0 Å². The Labute approximate surface area is 206 Å². The number of para-hydroxylation sites is 1. The summed E-state index contributed by atoms with van der Waals surface area (Å²) in [7, 11) is 3.13. The molecule has 0 aromatic heterocycles. The molecule has 1 aliphatic rings. The first kappa shape index (κ1) is 24.1. The molecule has 0 fully saturated rings. The number of nitro benzene ring substituents is 1. The quantitative estimate of drug-likeness (QED) is 0.371. The number of nitrogens with one attached hydrogen (secondary N) is 1. The molecule has 0 radical (unpaired) electrons. The number of hydrogen-bond donors (Lipinski definition) is 1. The maximum absolute atomic E-state index is 13.3. The smallest absolute Gasteiger partial charge is 0.269 e. The normalized spacial score (nSPS) is 15.1. The maximum Gasteiger partial charge on any atom is 0.269 e. The molecule has 1 N–H and O–H groups in total. The average molecular weight is 494 g/mol. The number of nitro groups is 1. The lowest BCUT2D eigenvalue weighted by Gasteiger charge is -2.22. The van der Waals surface area contributed by atoms with Crippen molar-refractivity contribution in [2.24, 2.45) is 0 Å². The number of methoxy groups -OCH3 is 2. The SMILES string of the molecule is COc1ccc(C2CC(=O)N(CC(=O)Nc3ccc([N+](=O)[O-])cc3)c3ccccc3S2)cc1OC. The molecule has 1 aliphatic heterocycles. The van der Waals surface area contributed by atoms with Crippen molar-refractivity contribution in [2.45, 2.75) is 16.6 Å². The van der Waals surface area contributed by atoms with Gasteiger partial charge < -0.3 is 19.7 Å². The Morgan fingerprint density at radius 3 is 2.49 bits per heavy atom. The van der Waals surface area contributed by atoms with Crippen LogP contribution in [0.25, 0.3) is 0 Å². The van der Waals surface area contributed by atoms with E-state index in [1.807, 2.05) is 42.5 Å². The standard InChI is InChI=1S/C25H23N3O6S/c1-33-20-12-7-16(13-21(20)34-2)23-14-25(30)27(19-5-3-4-6-22(19)35-23)15-24(29)26-17-8-10-18(11-9-17)28(31)32/h3-13,23H,14-15H2,1-2H3,(H,26,29). The number of thioether (sulfide) groups is 1. The lowest BCUT2D eigenvalue weighted by atomic mass is 10.1. The van der Waals surface area contributed by atoms with E-state index in [2.05, 4.69) is 5.32 Å². The van der Waals surface area contributed by atoms with Crippen LogP contribution < -0.4 is 19.7 Å². The summed E-state index contributed by atoms with van der Waals surface area (Å²) in [6.45, 7) is -0.188. The number of non-ortho nitro benzene ring substituents is 1. The van der Waals surface area contributed by atoms with Crippen molar-refractivity contribution in [3.05, 3.63) is 82.4 Å². The van der Waals surface area contributed by atoms with Gasteiger partial charge in [0.1, 0.15) is 6.54 Å². The van der Waals surface area contributed by atoms with Crippen LogP contribution >= 0.6 is 11.8 Å². The van der Waals surface area contributed by atoms with Gasteiger partial charge >= 0.3 is 0 Å². The van der Waals surface area contributed by atoms with E-state index in [4.69, 9.17) is 9.47 Å². The summed E-state index contributed by atoms with van der Waals surface area (Å²) in [6, 6.07) is 18.6. The summed E-state index contributed by atoms with van der Waals surface area (Å²) in [4.78, 5) is 38.8. The molecule has 3 aromatic carbocycles. The van der Waals surface area contributed by atoms with Crippen molar-refractivity contribution < 1.29 is 24.0 Å². The minimum Gasteiger partial charge on any atom is -0.493 e. The van der Waals surface area contributed by atoms with E-state index >= 15 is 0 Å². The Morgan fingerprint density at radius 1 is 1.09 bits per heavy atom. The van der Waals surface area contributed by atoms with Gasteiger partial charge in [-0.15, -0.1) is 11.8 Å². The van der Waals surface area contributed by atoms with Crippen LogP contribution in [0.3, 0.4) is 0 Å². The molecule has 0 saturated heterocycles. The molecule has 9 nitrogen and oxygen atoms in total. The van der Waals surface area contributed by atoms with Crippen LogP contribution in [-0.2, 0) is 9.59 Å². The Kier molecular flexibility index (Phi) is 7.21. The lowest BCUT2D eigenvalue weighted by molar-refractivity contribution is -0.384. The average Bonchev–Trinajstić information content (AvgIpc) is 3.00. The third kappa shape index (κ3) is 5.38. The van der Waals surface area contributed by atoms with Crippen molar-refractivity contribution in [1.82, 2.24) is 0 Å². The number of amides is 2. The number of rotatable bonds is 7. The maximum atomic E-state index is 13.3. The third-order valence-electron chi connectivity index (χ3n) is 5.53. The largest absolute Gasteiger partial charge is 0.493 e. The molecule has 0 aliphatic carbocycles. The van der Waals surface area contributed by atoms with Gasteiger partial charge in [-0.25, -0.2) is 0 Å². The van der Waals surface area contributed by atoms with E-state index in [9.17, 15) is 19.7 Å². The van der Waals surface area contributed by atoms with Crippen molar-refractivity contribution in [3.8, 4) is 11.5 Å². The van der Waals surface area contributed by atoms with Gasteiger partial charge in [-0.1, -0.05) is 18.2 Å². The van der Waals surface area contributed by atoms with E-state index in [1.165, 1.54) is 29.2 Å². The predicted octanol–water partition coefficient (Wildman–Crippen LogP) is 4.82. The monoisotopic (exact) mass is 493 g/mol. The number of fused-ring (bicyclic) bond motifs is 1. The van der Waals surface area contributed by atoms with Gasteiger partial charge in [-0.2, -0.15) is 0 Å². The van der Waals surface area contributed by atoms with Gasteiger partial charge in [0.05, 0.1) is 24.8 Å². The van der Waals surface area contributed by atoms with Crippen LogP contribution in [0, 0.1) is 10.1 Å². The highest BCUT2D eigenvalue weighted by atomic mass is 32.2. The van der Waals surface area contributed by atoms with Crippen molar-refractivity contribution in [1.29, 1.82) is 0 Å². The Bertz CT molecular complexity index is 1260. The minimum atomic E-state index is -0.509. The zero-order valence-electron chi connectivity index (χ0n) is 19.1. The molecule has 180 valence electrons. The molecule has 1 heterocycles. The van der Waals surface area contributed by atoms with E-state index < -0.39 is 10.8 Å². The molecule has 3 aromatic rings. The summed E-state index contributed by atoms with van der Waals surface area (Å²) in [5, 5.41) is 13.4. The number of anilines is 2. The minimum absolute atomic E-state index is 0.0714. The molecular weight excluding hydrogens is 470 g/mol. The predicted molar refractivity (Wildman–Crippen MR) is 133 cm³/mol. The van der Waals surface area contributed by atoms with Gasteiger partial charge in [-0.3, -0.25) is 19.7 Å². The highest BCUT2D eigenvalue weighted by molar-refractivity contribution is 7.99. The van der Waals surface area contributed by atoms with Crippen molar-refractivity contribution in [2.75, 3.05) is 31.0 Å². The number of ether oxygens (including phenoxy) is 2. The molecule has 35 heavy (non-hydrogen) atoms. The molecule has 0 bridgehead atoms. The first-order valence-corrected chi connectivity index (χ1v) is 11.6. The fourth-order valence-electron chi connectivity index (χ4n) is 3.80. The second-order valence-electron chi connectivity index (χ2n) is 7.72. The van der Waals surface area contributed by atoms with Gasteiger partial charge in [0.15, 0.2) is 11.5 Å². The zero-order valence-corrected chi connectivity index (χ0v) is 19.9. The fraction of sp³-hybridized carbons (Fsp3) is 0.200. The summed E-state index contributed by atoms with van der Waals surface area (Å²) in [6.07, 6.45) is 0.180. The van der Waals surface area contributed by atoms with Gasteiger partial charge in [0.25, 0.3) is 5.69 Å². The first-order chi connectivity index (χ1) is 16.9. The van der Waals surface area contributed by atoms with E-state index in [0.29, 0.717) is 22.9 Å². The number of benzene rings is 3. The molecule has 1 unspecified atom stereocenters. The number of nitrogens with zero attached hydrogens (tertiary/aromatic N) is 2. The summed E-state index contributed by atoms with van der Waals surface area (Å²) in [5.74, 6) is 0.582. The Morgan fingerprint density at radius 2 is 1.80 bits per heavy atom. The molecule has 0 spiro atoms. The van der Waals surface area contributed by atoms with Crippen LogP contribution in [0.4, 0.5) is 17.1 Å². The van der Waals surface area contributed by atoms with Crippen molar-refractivity contribution >= 4 is 40.6 Å². The zero-order chi connectivity index (χ0) is 24.9. The summed E-state index contributed by atoms with van der Waals surface area (Å²) >= 11 is 1.55. The first-order valence-electron chi connectivity index (χ1n) is 10.7. The number of carbonyl (C=O) groups excluding carboxylic acids is 2. The molecule has 1 atom stereocenters. The van der Waals surface area contributed by atoms with E-state index in [-0.39, 0.29) is 29.8 Å². The van der Waals surface area contributed by atoms with Gasteiger partial charge in [0, 0.05) is 34.4 Å². The van der Waals surface area contributed by atoms with Gasteiger partial charge in [-0.05, 0) is 42.0 Å². The van der Waals surface area contributed by atoms with Crippen LogP contribution in [0.5, 0.6) is 11.5 Å². The van der Waals surface area contributed by atoms with Crippen LogP contribution in [0.1, 0.15) is 17.2 Å². The Hall–Kier alpha value is -4.05. The molecule has 0 saturated carbocycles. The number of hydrogen-bond acceptors (Lipinski definition) is 7. The second-order valence-corrected chi connectivity index (χ2v) is 8.97. The lowest BCUT2D eigenvalue weighted by Crippen LogP contribution is -2.38. The van der Waals surface area contributed by atoms with Crippen LogP contribution in [0.2, 0.25) is 0 Å². The fourth-order valence-corrected chi connectivity index (χ4v) is 5.07. The second kappa shape index (κ2) is 10.5. The highest BCUT2D eigenvalue weighted by Crippen LogP contribution is 2.46. The number of carbonyl (C=O) groups is 2. The van der Waals surface area contributed by atoms with Crippen LogP contribution in [-0.4, -0.2) is 37.5 Å². The van der Waals surface area contributed by atoms with Gasteiger partial charge in [0.2, 0.25) is 11.8 Å². The summed E-state index contributed by atoms with van der Waals surface area (Å²) in [5.41, 5.74) is 1.91. The van der Waals surface area contributed by atoms with E-state index in [1.54, 1.807) is 26.0 Å². The molecule has 4 rings (SSSR count). The molecule has 2 amide bonds. The van der Waals surface area contributed by atoms with E-state index in [0.717, 1.165) is 10.5 Å². The van der Waals surface area contributed by atoms with Crippen LogP contribution in [0.15, 0.2) is 71.6 Å². The highest BCUT2D eigenvalue weighted by Gasteiger charge is 2.31. The molecular formula is C25H23N3O6S. The third-order valence-corrected chi connectivity index (χ3v) is 6.85. The topological polar surface area (TPSA) is 111 Å². The summed E-state index contributed by atoms with van der Waals surface area (Å²) < 4.78 is 10.7. The molecule has 10 heteroatoms.